The molecule has 33 heavy (non-hydrogen) atoms. The van der Waals surface area contributed by atoms with Gasteiger partial charge in [-0.1, -0.05) is 11.2 Å². The number of aromatic nitrogens is 4. The molecule has 11 nitrogen and oxygen atoms in total. The Balaban J connectivity index is 1.40. The fourth-order valence-corrected chi connectivity index (χ4v) is 3.26. The van der Waals surface area contributed by atoms with Crippen LogP contribution in [-0.2, 0) is 28.8 Å². The number of ether oxygens (including phenoxy) is 1. The minimum absolute atomic E-state index is 0.186. The van der Waals surface area contributed by atoms with E-state index in [4.69, 9.17) is 19.9 Å². The van der Waals surface area contributed by atoms with E-state index in [-0.39, 0.29) is 5.82 Å². The minimum atomic E-state index is -4.88. The molecule has 0 aliphatic rings. The smallest absolute Gasteiger partial charge is 0.285 e. The van der Waals surface area contributed by atoms with Crippen molar-refractivity contribution in [1.29, 1.82) is 0 Å². The number of hydrogen-bond acceptors (Lipinski definition) is 9. The fraction of sp³-hybridized carbons (Fsp3) is 0.143. The molecule has 4 aromatic rings. The first-order valence-electron chi connectivity index (χ1n) is 9.76. The maximum absolute atomic E-state index is 10.8. The lowest BCUT2D eigenvalue weighted by atomic mass is 10.1. The van der Waals surface area contributed by atoms with E-state index in [0.29, 0.717) is 35.9 Å². The van der Waals surface area contributed by atoms with Crippen molar-refractivity contribution in [3.63, 3.8) is 0 Å². The van der Waals surface area contributed by atoms with E-state index in [9.17, 15) is 9.46 Å². The van der Waals surface area contributed by atoms with Crippen LogP contribution in [0.3, 0.4) is 0 Å². The van der Waals surface area contributed by atoms with Crippen molar-refractivity contribution in [2.75, 3.05) is 5.73 Å². The molecule has 3 N–H and O–H groups in total. The van der Waals surface area contributed by atoms with Crippen LogP contribution in [0.4, 0.5) is 5.82 Å². The summed E-state index contributed by atoms with van der Waals surface area (Å²) in [5.74, 6) is 1.09. The first-order valence-corrected chi connectivity index (χ1v) is 11.3. The lowest BCUT2D eigenvalue weighted by Gasteiger charge is -2.14. The molecule has 0 radical (unpaired) electrons. The normalized spacial score (nSPS) is 12.9. The van der Waals surface area contributed by atoms with E-state index in [1.807, 2.05) is 18.2 Å². The Bertz CT molecular complexity index is 1260. The maximum Gasteiger partial charge on any atom is 0.285 e. The average Bonchev–Trinajstić information content (AvgIpc) is 3.26. The number of rotatable bonds is 9. The zero-order valence-electron chi connectivity index (χ0n) is 17.3. The second-order valence-electron chi connectivity index (χ2n) is 7.01. The lowest BCUT2D eigenvalue weighted by Crippen LogP contribution is -2.38. The molecule has 0 aromatic carbocycles. The van der Waals surface area contributed by atoms with Gasteiger partial charge in [-0.2, -0.15) is 0 Å². The molecule has 4 rings (SSSR count). The topological polar surface area (TPSA) is 161 Å². The molecular weight excluding hydrogens is 449 g/mol. The standard InChI is InChI=1S/C21H20N5O6P/c22-21-18(2-1-9-26(21)14-31-33(27,28)29)19-11-17(25-32-19)10-16-3-4-20(24-12-16)30-13-15-5-7-23-8-6-15/h1-9,11-12,22H,10,13-14H2,(H2,27,28,29). The molecule has 0 aliphatic carbocycles. The van der Waals surface area contributed by atoms with Crippen LogP contribution in [0.2, 0.25) is 0 Å². The largest absolute Gasteiger partial charge is 0.756 e. The Morgan fingerprint density at radius 2 is 2.00 bits per heavy atom. The number of nitrogens with two attached hydrogens (primary N) is 1. The van der Waals surface area contributed by atoms with Crippen LogP contribution in [0.1, 0.15) is 16.8 Å². The van der Waals surface area contributed by atoms with Crippen LogP contribution in [-0.4, -0.2) is 20.0 Å². The predicted octanol–water partition coefficient (Wildman–Crippen LogP) is 1.61. The minimum Gasteiger partial charge on any atom is -0.756 e. The molecule has 4 heterocycles. The highest BCUT2D eigenvalue weighted by molar-refractivity contribution is 7.44. The van der Waals surface area contributed by atoms with Crippen molar-refractivity contribution in [1.82, 2.24) is 15.1 Å². The highest BCUT2D eigenvalue weighted by Gasteiger charge is 2.18. The van der Waals surface area contributed by atoms with Crippen LogP contribution >= 0.6 is 7.82 Å². The average molecular weight is 469 g/mol. The molecule has 4 aromatic heterocycles. The third-order valence-corrected chi connectivity index (χ3v) is 5.06. The molecule has 0 fully saturated rings. The highest BCUT2D eigenvalue weighted by Crippen LogP contribution is 2.30. The number of phosphoric ester groups is 1. The fourth-order valence-electron chi connectivity index (χ4n) is 2.99. The summed E-state index contributed by atoms with van der Waals surface area (Å²) >= 11 is 0. The Kier molecular flexibility index (Phi) is 6.76. The molecule has 1 atom stereocenters. The summed E-state index contributed by atoms with van der Waals surface area (Å²) in [6.45, 7) is -0.0745. The summed E-state index contributed by atoms with van der Waals surface area (Å²) in [6, 6.07) is 12.5. The molecule has 0 bridgehead atoms. The van der Waals surface area contributed by atoms with Crippen molar-refractivity contribution in [2.45, 2.75) is 19.8 Å². The third-order valence-electron chi connectivity index (χ3n) is 4.62. The number of hydrogen-bond donors (Lipinski definition) is 2. The molecule has 0 amide bonds. The monoisotopic (exact) mass is 469 g/mol. The molecular formula is C21H20N5O6P. The van der Waals surface area contributed by atoms with E-state index in [1.54, 1.807) is 42.9 Å². The zero-order valence-corrected chi connectivity index (χ0v) is 18.2. The molecule has 0 saturated carbocycles. The van der Waals surface area contributed by atoms with Gasteiger partial charge in [0, 0.05) is 37.1 Å². The summed E-state index contributed by atoms with van der Waals surface area (Å²) in [7, 11) is -4.88. The van der Waals surface area contributed by atoms with E-state index in [1.165, 1.54) is 10.8 Å². The van der Waals surface area contributed by atoms with Crippen LogP contribution in [0, 0.1) is 0 Å². The number of nitrogen functional groups attached to an aromatic ring is 1. The summed E-state index contributed by atoms with van der Waals surface area (Å²) < 4.78 is 27.6. The van der Waals surface area contributed by atoms with Crippen molar-refractivity contribution in [3.05, 3.63) is 84.1 Å². The number of pyridine rings is 3. The predicted molar refractivity (Wildman–Crippen MR) is 113 cm³/mol. The van der Waals surface area contributed by atoms with Gasteiger partial charge in [-0.3, -0.25) is 19.8 Å². The van der Waals surface area contributed by atoms with Gasteiger partial charge in [0.1, 0.15) is 12.2 Å². The van der Waals surface area contributed by atoms with Crippen LogP contribution < -0.4 is 19.9 Å². The van der Waals surface area contributed by atoms with E-state index >= 15 is 0 Å². The van der Waals surface area contributed by atoms with Crippen molar-refractivity contribution in [3.8, 4) is 17.2 Å². The van der Waals surface area contributed by atoms with Gasteiger partial charge in [0.15, 0.2) is 12.5 Å². The number of phosphoric acid groups is 1. The number of nitrogens with zero attached hydrogens (tertiary/aromatic N) is 4. The quantitative estimate of drug-likeness (QED) is 0.272. The van der Waals surface area contributed by atoms with Crippen LogP contribution in [0.25, 0.3) is 11.3 Å². The van der Waals surface area contributed by atoms with Crippen LogP contribution in [0.5, 0.6) is 5.88 Å². The molecule has 170 valence electrons. The Labute approximate surface area is 188 Å². The van der Waals surface area contributed by atoms with Gasteiger partial charge in [-0.15, -0.1) is 0 Å². The summed E-state index contributed by atoms with van der Waals surface area (Å²) in [6.07, 6.45) is 7.10. The van der Waals surface area contributed by atoms with Crippen LogP contribution in [0.15, 0.2) is 71.8 Å². The molecule has 0 saturated heterocycles. The summed E-state index contributed by atoms with van der Waals surface area (Å²) in [5.41, 5.74) is 9.15. The van der Waals surface area contributed by atoms with Gasteiger partial charge in [0.25, 0.3) is 13.6 Å². The Morgan fingerprint density at radius 3 is 2.73 bits per heavy atom. The van der Waals surface area contributed by atoms with E-state index in [0.717, 1.165) is 11.1 Å². The van der Waals surface area contributed by atoms with E-state index < -0.39 is 14.6 Å². The Morgan fingerprint density at radius 1 is 1.18 bits per heavy atom. The molecule has 0 aliphatic heterocycles. The van der Waals surface area contributed by atoms with Gasteiger partial charge in [-0.05, 0) is 35.4 Å². The first-order chi connectivity index (χ1) is 15.9. The second-order valence-corrected chi connectivity index (χ2v) is 8.21. The first kappa shape index (κ1) is 22.6. The zero-order chi connectivity index (χ0) is 23.3. The van der Waals surface area contributed by atoms with Crippen molar-refractivity contribution < 1.29 is 32.7 Å². The molecule has 12 heteroatoms. The van der Waals surface area contributed by atoms with Gasteiger partial charge in [0.05, 0.1) is 11.9 Å². The number of anilines is 1. The van der Waals surface area contributed by atoms with Gasteiger partial charge < -0.3 is 19.0 Å². The third kappa shape index (κ3) is 6.21. The highest BCUT2D eigenvalue weighted by atomic mass is 31.2. The Hall–Kier alpha value is -3.63. The van der Waals surface area contributed by atoms with E-state index in [2.05, 4.69) is 19.6 Å². The summed E-state index contributed by atoms with van der Waals surface area (Å²) in [4.78, 5) is 27.9. The molecule has 0 spiro atoms. The van der Waals surface area contributed by atoms with Crippen molar-refractivity contribution >= 4 is 13.6 Å². The van der Waals surface area contributed by atoms with Gasteiger partial charge in [-0.25, -0.2) is 9.55 Å². The van der Waals surface area contributed by atoms with Gasteiger partial charge >= 0.3 is 0 Å². The summed E-state index contributed by atoms with van der Waals surface area (Å²) in [5, 5.41) is 4.07. The molecule has 1 unspecified atom stereocenters. The maximum atomic E-state index is 10.8. The van der Waals surface area contributed by atoms with Gasteiger partial charge in [0.2, 0.25) is 5.88 Å². The lowest BCUT2D eigenvalue weighted by molar-refractivity contribution is -0.712. The van der Waals surface area contributed by atoms with Crippen molar-refractivity contribution in [2.24, 2.45) is 0 Å². The second kappa shape index (κ2) is 9.88. The SMILES string of the molecule is Nc1c(-c2cc(Cc3ccc(OCc4ccncc4)nc3)no2)ccc[n+]1COP(=O)([O-])O.